The van der Waals surface area contributed by atoms with Gasteiger partial charge in [-0.3, -0.25) is 0 Å². The van der Waals surface area contributed by atoms with Crippen LogP contribution < -0.4 is 4.74 Å². The van der Waals surface area contributed by atoms with Gasteiger partial charge in [0.15, 0.2) is 0 Å². The van der Waals surface area contributed by atoms with Crippen LogP contribution in [0.5, 0.6) is 5.75 Å². The predicted octanol–water partition coefficient (Wildman–Crippen LogP) is 9.50. The van der Waals surface area contributed by atoms with Gasteiger partial charge in [-0.2, -0.15) is 4.40 Å². The second kappa shape index (κ2) is 14.1. The molecular formula is C30H29NOS3. The van der Waals surface area contributed by atoms with Gasteiger partial charge in [0, 0.05) is 26.6 Å². The molecule has 35 heavy (non-hydrogen) atoms. The normalized spacial score (nSPS) is 12.5. The van der Waals surface area contributed by atoms with Crippen LogP contribution in [0.15, 0.2) is 140 Å². The number of ether oxygens (including phenoxy) is 1. The van der Waals surface area contributed by atoms with E-state index >= 15 is 0 Å². The highest BCUT2D eigenvalue weighted by Gasteiger charge is 2.30. The number of nitrogens with zero attached hydrogens (tertiary/aromatic N) is 1. The summed E-state index contributed by atoms with van der Waals surface area (Å²) in [4.78, 5) is 3.59. The minimum atomic E-state index is 0.117. The standard InChI is InChI=1S/C30H29NOS3/c1-2-15-28(30(33-25-18-9-4-10-19-25)34-26-20-11-5-12-21-26)29(32-24-16-7-3-8-17-24)31-35-27-22-13-6-14-23-27/h3-14,16-23,28,30H,2,15H2,1H3/b31-29-. The third-order valence-corrected chi connectivity index (χ3v) is 8.73. The van der Waals surface area contributed by atoms with E-state index in [2.05, 4.69) is 79.7 Å². The van der Waals surface area contributed by atoms with Crippen molar-refractivity contribution in [3.63, 3.8) is 0 Å². The molecule has 0 heterocycles. The van der Waals surface area contributed by atoms with Gasteiger partial charge >= 0.3 is 0 Å². The highest BCUT2D eigenvalue weighted by Crippen LogP contribution is 2.42. The van der Waals surface area contributed by atoms with Gasteiger partial charge in [0.2, 0.25) is 5.90 Å². The maximum absolute atomic E-state index is 6.51. The van der Waals surface area contributed by atoms with Crippen molar-refractivity contribution < 1.29 is 4.74 Å². The maximum Gasteiger partial charge on any atom is 0.206 e. The van der Waals surface area contributed by atoms with Gasteiger partial charge in [-0.15, -0.1) is 23.5 Å². The molecule has 5 heteroatoms. The van der Waals surface area contributed by atoms with Crippen LogP contribution in [0.4, 0.5) is 0 Å². The number of thioether (sulfide) groups is 2. The SMILES string of the molecule is CCCC(/C(=N/Sc1ccccc1)Oc1ccccc1)C(Sc1ccccc1)Sc1ccccc1. The van der Waals surface area contributed by atoms with E-state index in [4.69, 9.17) is 9.13 Å². The van der Waals surface area contributed by atoms with Crippen molar-refractivity contribution in [2.75, 3.05) is 0 Å². The van der Waals surface area contributed by atoms with Crippen molar-refractivity contribution in [1.82, 2.24) is 0 Å². The summed E-state index contributed by atoms with van der Waals surface area (Å²) in [6.45, 7) is 2.23. The molecule has 4 rings (SSSR count). The van der Waals surface area contributed by atoms with E-state index < -0.39 is 0 Å². The van der Waals surface area contributed by atoms with Crippen molar-refractivity contribution in [3.05, 3.63) is 121 Å². The van der Waals surface area contributed by atoms with Crippen LogP contribution in [-0.2, 0) is 0 Å². The third-order valence-electron chi connectivity index (χ3n) is 5.19. The number of rotatable bonds is 11. The molecule has 0 amide bonds. The molecule has 2 nitrogen and oxygen atoms in total. The van der Waals surface area contributed by atoms with Crippen LogP contribution in [0.2, 0.25) is 0 Å². The van der Waals surface area contributed by atoms with Gasteiger partial charge in [0.1, 0.15) is 5.75 Å². The van der Waals surface area contributed by atoms with Crippen molar-refractivity contribution in [3.8, 4) is 5.75 Å². The largest absolute Gasteiger partial charge is 0.442 e. The van der Waals surface area contributed by atoms with Crippen LogP contribution in [-0.4, -0.2) is 10.5 Å². The Labute approximate surface area is 221 Å². The van der Waals surface area contributed by atoms with E-state index in [0.29, 0.717) is 0 Å². The zero-order valence-electron chi connectivity index (χ0n) is 19.7. The average Bonchev–Trinajstić information content (AvgIpc) is 2.92. The summed E-state index contributed by atoms with van der Waals surface area (Å²) in [5.74, 6) is 1.70. The molecule has 0 bridgehead atoms. The number of hydrogen-bond donors (Lipinski definition) is 0. The number of benzene rings is 4. The summed E-state index contributed by atoms with van der Waals surface area (Å²) in [6.07, 6.45) is 2.02. The van der Waals surface area contributed by atoms with E-state index in [0.717, 1.165) is 29.4 Å². The highest BCUT2D eigenvalue weighted by atomic mass is 32.2. The Morgan fingerprint density at radius 3 is 1.60 bits per heavy atom. The molecule has 0 radical (unpaired) electrons. The van der Waals surface area contributed by atoms with E-state index in [1.807, 2.05) is 72.1 Å². The molecule has 0 aliphatic carbocycles. The second-order valence-electron chi connectivity index (χ2n) is 7.87. The summed E-state index contributed by atoms with van der Waals surface area (Å²) in [5, 5.41) is 0. The average molecular weight is 516 g/mol. The number of para-hydroxylation sites is 1. The first kappa shape index (κ1) is 25.5. The van der Waals surface area contributed by atoms with Gasteiger partial charge in [-0.1, -0.05) is 86.1 Å². The molecule has 1 unspecified atom stereocenters. The summed E-state index contributed by atoms with van der Waals surface area (Å²) < 4.78 is 11.7. The molecule has 0 aromatic heterocycles. The molecule has 0 aliphatic heterocycles. The molecule has 0 fully saturated rings. The summed E-state index contributed by atoms with van der Waals surface area (Å²) in [5.41, 5.74) is 0. The first-order chi connectivity index (χ1) is 17.3. The zero-order chi connectivity index (χ0) is 24.1. The van der Waals surface area contributed by atoms with Crippen LogP contribution in [0.3, 0.4) is 0 Å². The predicted molar refractivity (Wildman–Crippen MR) is 154 cm³/mol. The number of hydrogen-bond acceptors (Lipinski definition) is 5. The van der Waals surface area contributed by atoms with Gasteiger partial charge in [0.05, 0.1) is 10.5 Å². The fraction of sp³-hybridized carbons (Fsp3) is 0.167. The van der Waals surface area contributed by atoms with E-state index in [1.165, 1.54) is 21.7 Å². The third kappa shape index (κ3) is 8.24. The first-order valence-electron chi connectivity index (χ1n) is 11.8. The maximum atomic E-state index is 6.51. The van der Waals surface area contributed by atoms with Crippen molar-refractivity contribution in [2.45, 2.75) is 39.0 Å². The van der Waals surface area contributed by atoms with Crippen LogP contribution in [0, 0.1) is 5.92 Å². The minimum absolute atomic E-state index is 0.117. The van der Waals surface area contributed by atoms with Crippen molar-refractivity contribution in [2.24, 2.45) is 10.3 Å². The lowest BCUT2D eigenvalue weighted by atomic mass is 10.1. The van der Waals surface area contributed by atoms with E-state index in [9.17, 15) is 0 Å². The summed E-state index contributed by atoms with van der Waals surface area (Å²) in [6, 6.07) is 41.5. The highest BCUT2D eigenvalue weighted by molar-refractivity contribution is 8.17. The summed E-state index contributed by atoms with van der Waals surface area (Å²) in [7, 11) is 0. The van der Waals surface area contributed by atoms with Crippen molar-refractivity contribution >= 4 is 41.4 Å². The zero-order valence-corrected chi connectivity index (χ0v) is 22.1. The summed E-state index contributed by atoms with van der Waals surface area (Å²) >= 11 is 5.25. The van der Waals surface area contributed by atoms with Crippen LogP contribution >= 0.6 is 35.5 Å². The van der Waals surface area contributed by atoms with Gasteiger partial charge in [-0.25, -0.2) is 0 Å². The molecule has 0 spiro atoms. The Kier molecular flexibility index (Phi) is 10.3. The Balaban J connectivity index is 1.69. The Bertz CT molecular complexity index is 1110. The molecule has 0 aliphatic rings. The Morgan fingerprint density at radius 2 is 1.11 bits per heavy atom. The molecule has 4 aromatic rings. The van der Waals surface area contributed by atoms with Gasteiger partial charge < -0.3 is 4.74 Å². The topological polar surface area (TPSA) is 21.6 Å². The molecule has 0 N–H and O–H groups in total. The van der Waals surface area contributed by atoms with E-state index in [1.54, 1.807) is 0 Å². The quantitative estimate of drug-likeness (QED) is 0.0652. The molecule has 178 valence electrons. The molecule has 1 atom stereocenters. The second-order valence-corrected chi connectivity index (χ2v) is 11.4. The lowest BCUT2D eigenvalue weighted by Gasteiger charge is -2.27. The lowest BCUT2D eigenvalue weighted by Crippen LogP contribution is -2.28. The molecule has 4 aromatic carbocycles. The lowest BCUT2D eigenvalue weighted by molar-refractivity contribution is 0.481. The Hall–Kier alpha value is -2.60. The molecule has 0 saturated carbocycles. The Morgan fingerprint density at radius 1 is 0.657 bits per heavy atom. The van der Waals surface area contributed by atoms with Crippen LogP contribution in [0.1, 0.15) is 19.8 Å². The molecule has 0 saturated heterocycles. The smallest absolute Gasteiger partial charge is 0.206 e. The fourth-order valence-corrected chi connectivity index (χ4v) is 7.00. The first-order valence-corrected chi connectivity index (χ1v) is 14.3. The molecular weight excluding hydrogens is 487 g/mol. The van der Waals surface area contributed by atoms with E-state index in [-0.39, 0.29) is 10.5 Å². The van der Waals surface area contributed by atoms with Crippen molar-refractivity contribution in [1.29, 1.82) is 0 Å². The van der Waals surface area contributed by atoms with Gasteiger partial charge in [0.25, 0.3) is 0 Å². The monoisotopic (exact) mass is 515 g/mol. The minimum Gasteiger partial charge on any atom is -0.442 e. The van der Waals surface area contributed by atoms with Gasteiger partial charge in [-0.05, 0) is 55.0 Å². The fourth-order valence-electron chi connectivity index (χ4n) is 3.49. The van der Waals surface area contributed by atoms with Crippen LogP contribution in [0.25, 0.3) is 0 Å².